The quantitative estimate of drug-likeness (QED) is 0.814. The molecule has 1 amide bonds. The summed E-state index contributed by atoms with van der Waals surface area (Å²) in [5, 5.41) is 6.52. The minimum Gasteiger partial charge on any atom is -0.444 e. The molecule has 1 aromatic carbocycles. The monoisotopic (exact) mass is 382 g/mol. The Morgan fingerprint density at radius 3 is 2.65 bits per heavy atom. The van der Waals surface area contributed by atoms with Gasteiger partial charge in [0.25, 0.3) is 0 Å². The molecule has 4 nitrogen and oxygen atoms in total. The summed E-state index contributed by atoms with van der Waals surface area (Å²) in [7, 11) is 0. The second-order valence-electron chi connectivity index (χ2n) is 7.83. The number of carbonyl (C=O) groups excluding carboxylic acids is 1. The number of rotatable bonds is 4. The van der Waals surface area contributed by atoms with Crippen molar-refractivity contribution in [1.82, 2.24) is 10.6 Å². The van der Waals surface area contributed by atoms with E-state index in [1.165, 1.54) is 11.1 Å². The second kappa shape index (κ2) is 6.81. The van der Waals surface area contributed by atoms with E-state index in [1.54, 1.807) is 0 Å². The van der Waals surface area contributed by atoms with E-state index >= 15 is 0 Å². The maximum absolute atomic E-state index is 11.9. The molecule has 0 aliphatic heterocycles. The Hall–Kier alpha value is -1.07. The lowest BCUT2D eigenvalue weighted by Crippen LogP contribution is -2.52. The lowest BCUT2D eigenvalue weighted by molar-refractivity contribution is 0.0470. The predicted octanol–water partition coefficient (Wildman–Crippen LogP) is 4.33. The SMILES string of the molecule is CC(C)(CNC1CCc2cc(Br)ccc21)NC(=O)OC(C)(C)C. The van der Waals surface area contributed by atoms with Crippen LogP contribution in [-0.4, -0.2) is 23.8 Å². The molecule has 0 fully saturated rings. The fourth-order valence-electron chi connectivity index (χ4n) is 2.80. The van der Waals surface area contributed by atoms with Gasteiger partial charge in [-0.05, 0) is 70.7 Å². The molecule has 1 atom stereocenters. The largest absolute Gasteiger partial charge is 0.444 e. The second-order valence-corrected chi connectivity index (χ2v) is 8.74. The van der Waals surface area contributed by atoms with Crippen molar-refractivity contribution in [1.29, 1.82) is 0 Å². The van der Waals surface area contributed by atoms with E-state index in [9.17, 15) is 4.79 Å². The van der Waals surface area contributed by atoms with Crippen LogP contribution in [0.3, 0.4) is 0 Å². The van der Waals surface area contributed by atoms with Gasteiger partial charge in [-0.15, -0.1) is 0 Å². The summed E-state index contributed by atoms with van der Waals surface area (Å²) in [5.74, 6) is 0. The number of amides is 1. The molecule has 0 saturated carbocycles. The number of nitrogens with one attached hydrogen (secondary N) is 2. The molecule has 5 heteroatoms. The molecule has 0 saturated heterocycles. The third kappa shape index (κ3) is 5.50. The average molecular weight is 383 g/mol. The summed E-state index contributed by atoms with van der Waals surface area (Å²) in [4.78, 5) is 11.9. The highest BCUT2D eigenvalue weighted by molar-refractivity contribution is 9.10. The highest BCUT2D eigenvalue weighted by atomic mass is 79.9. The summed E-state index contributed by atoms with van der Waals surface area (Å²) < 4.78 is 6.46. The smallest absolute Gasteiger partial charge is 0.408 e. The molecule has 0 spiro atoms. The maximum atomic E-state index is 11.9. The van der Waals surface area contributed by atoms with E-state index in [2.05, 4.69) is 44.8 Å². The first-order valence-electron chi connectivity index (χ1n) is 8.09. The predicted molar refractivity (Wildman–Crippen MR) is 96.7 cm³/mol. The normalized spacial score (nSPS) is 17.7. The zero-order valence-corrected chi connectivity index (χ0v) is 16.2. The standard InChI is InChI=1S/C18H27BrN2O2/c1-17(2,3)23-16(22)21-18(4,5)11-20-15-9-6-12-10-13(19)7-8-14(12)15/h7-8,10,15,20H,6,9,11H2,1-5H3,(H,21,22). The van der Waals surface area contributed by atoms with E-state index in [1.807, 2.05) is 34.6 Å². The third-order valence-electron chi connectivity index (χ3n) is 3.81. The molecule has 1 unspecified atom stereocenters. The van der Waals surface area contributed by atoms with Crippen LogP contribution in [0.5, 0.6) is 0 Å². The van der Waals surface area contributed by atoms with Crippen molar-refractivity contribution < 1.29 is 9.53 Å². The topological polar surface area (TPSA) is 50.4 Å². The van der Waals surface area contributed by atoms with Crippen molar-refractivity contribution >= 4 is 22.0 Å². The van der Waals surface area contributed by atoms with Gasteiger partial charge in [-0.1, -0.05) is 22.0 Å². The lowest BCUT2D eigenvalue weighted by atomic mass is 10.0. The Morgan fingerprint density at radius 1 is 1.30 bits per heavy atom. The number of benzene rings is 1. The Bertz CT molecular complexity index is 579. The molecule has 1 aromatic rings. The van der Waals surface area contributed by atoms with Gasteiger partial charge in [-0.3, -0.25) is 0 Å². The van der Waals surface area contributed by atoms with Crippen LogP contribution in [0.25, 0.3) is 0 Å². The summed E-state index contributed by atoms with van der Waals surface area (Å²) in [6.07, 6.45) is 1.81. The van der Waals surface area contributed by atoms with Gasteiger partial charge in [0.1, 0.15) is 5.60 Å². The van der Waals surface area contributed by atoms with Gasteiger partial charge < -0.3 is 15.4 Å². The fourth-order valence-corrected chi connectivity index (χ4v) is 3.21. The van der Waals surface area contributed by atoms with Crippen molar-refractivity contribution in [3.63, 3.8) is 0 Å². The van der Waals surface area contributed by atoms with Crippen molar-refractivity contribution in [2.45, 2.75) is 64.6 Å². The van der Waals surface area contributed by atoms with Crippen LogP contribution in [0.1, 0.15) is 58.2 Å². The molecular weight excluding hydrogens is 356 g/mol. The third-order valence-corrected chi connectivity index (χ3v) is 4.31. The Labute approximate surface area is 147 Å². The Kier molecular flexibility index (Phi) is 5.41. The zero-order valence-electron chi connectivity index (χ0n) is 14.6. The zero-order chi connectivity index (χ0) is 17.3. The molecule has 128 valence electrons. The van der Waals surface area contributed by atoms with Gasteiger partial charge in [0.05, 0.1) is 5.54 Å². The highest BCUT2D eigenvalue weighted by Crippen LogP contribution is 2.33. The highest BCUT2D eigenvalue weighted by Gasteiger charge is 2.28. The first-order chi connectivity index (χ1) is 10.6. The van der Waals surface area contributed by atoms with Gasteiger partial charge in [0.2, 0.25) is 0 Å². The Morgan fingerprint density at radius 2 is 2.00 bits per heavy atom. The number of carbonyl (C=O) groups is 1. The van der Waals surface area contributed by atoms with E-state index in [0.29, 0.717) is 12.6 Å². The number of alkyl carbamates (subject to hydrolysis) is 1. The van der Waals surface area contributed by atoms with Gasteiger partial charge in [-0.25, -0.2) is 4.79 Å². The van der Waals surface area contributed by atoms with Crippen molar-refractivity contribution in [2.24, 2.45) is 0 Å². The van der Waals surface area contributed by atoms with Crippen molar-refractivity contribution in [2.75, 3.05) is 6.54 Å². The maximum Gasteiger partial charge on any atom is 0.408 e. The number of hydrogen-bond acceptors (Lipinski definition) is 3. The average Bonchev–Trinajstić information content (AvgIpc) is 2.75. The molecular formula is C18H27BrN2O2. The van der Waals surface area contributed by atoms with Crippen LogP contribution in [0, 0.1) is 0 Å². The summed E-state index contributed by atoms with van der Waals surface area (Å²) in [6.45, 7) is 10.3. The van der Waals surface area contributed by atoms with Crippen LogP contribution >= 0.6 is 15.9 Å². The van der Waals surface area contributed by atoms with Gasteiger partial charge in [0.15, 0.2) is 0 Å². The molecule has 2 rings (SSSR count). The van der Waals surface area contributed by atoms with Crippen molar-refractivity contribution in [3.05, 3.63) is 33.8 Å². The molecule has 0 heterocycles. The van der Waals surface area contributed by atoms with E-state index < -0.39 is 5.60 Å². The van der Waals surface area contributed by atoms with Gasteiger partial charge in [-0.2, -0.15) is 0 Å². The summed E-state index contributed by atoms with van der Waals surface area (Å²) in [5.41, 5.74) is 1.90. The van der Waals surface area contributed by atoms with E-state index in [0.717, 1.165) is 17.3 Å². The minimum absolute atomic E-state index is 0.345. The Balaban J connectivity index is 1.90. The van der Waals surface area contributed by atoms with Crippen LogP contribution in [-0.2, 0) is 11.2 Å². The summed E-state index contributed by atoms with van der Waals surface area (Å²) >= 11 is 3.52. The number of fused-ring (bicyclic) bond motifs is 1. The van der Waals surface area contributed by atoms with Crippen molar-refractivity contribution in [3.8, 4) is 0 Å². The van der Waals surface area contributed by atoms with Crippen LogP contribution < -0.4 is 10.6 Å². The molecule has 1 aliphatic rings. The van der Waals surface area contributed by atoms with E-state index in [4.69, 9.17) is 4.74 Å². The molecule has 0 bridgehead atoms. The van der Waals surface area contributed by atoms with E-state index in [-0.39, 0.29) is 11.6 Å². The number of aryl methyl sites for hydroxylation is 1. The number of hydrogen-bond donors (Lipinski definition) is 2. The number of ether oxygens (including phenoxy) is 1. The first-order valence-corrected chi connectivity index (χ1v) is 8.88. The van der Waals surface area contributed by atoms with Gasteiger partial charge in [0, 0.05) is 17.1 Å². The molecule has 2 N–H and O–H groups in total. The minimum atomic E-state index is -0.481. The molecule has 1 aliphatic carbocycles. The molecule has 0 radical (unpaired) electrons. The lowest BCUT2D eigenvalue weighted by Gasteiger charge is -2.30. The van der Waals surface area contributed by atoms with Crippen LogP contribution in [0.4, 0.5) is 4.79 Å². The molecule has 23 heavy (non-hydrogen) atoms. The van der Waals surface area contributed by atoms with Crippen LogP contribution in [0.15, 0.2) is 22.7 Å². The number of halogens is 1. The first kappa shape index (κ1) is 18.3. The van der Waals surface area contributed by atoms with Gasteiger partial charge >= 0.3 is 6.09 Å². The van der Waals surface area contributed by atoms with Crippen LogP contribution in [0.2, 0.25) is 0 Å². The molecule has 0 aromatic heterocycles. The fraction of sp³-hybridized carbons (Fsp3) is 0.611. The summed E-state index contributed by atoms with van der Waals surface area (Å²) in [6, 6.07) is 6.81.